The normalized spacial score (nSPS) is 21.4. The minimum atomic E-state index is -0.239. The Kier molecular flexibility index (Phi) is 5.43. The number of anilines is 1. The molecule has 0 radical (unpaired) electrons. The maximum Gasteiger partial charge on any atom is 0.319 e. The summed E-state index contributed by atoms with van der Waals surface area (Å²) >= 11 is 0. The third-order valence-electron chi connectivity index (χ3n) is 5.55. The Bertz CT molecular complexity index is 556. The summed E-state index contributed by atoms with van der Waals surface area (Å²) in [6.07, 6.45) is 13.6. The number of nitrogens with zero attached hydrogens (tertiary/aromatic N) is 2. The molecule has 1 heterocycles. The van der Waals surface area contributed by atoms with E-state index in [-0.39, 0.29) is 11.6 Å². The molecule has 1 aromatic rings. The zero-order chi connectivity index (χ0) is 17.0. The van der Waals surface area contributed by atoms with Gasteiger partial charge in [-0.1, -0.05) is 38.5 Å². The summed E-state index contributed by atoms with van der Waals surface area (Å²) in [5, 5.41) is 10.6. The molecule has 0 saturated heterocycles. The summed E-state index contributed by atoms with van der Waals surface area (Å²) in [6.45, 7) is 0.540. The molecule has 0 spiro atoms. The third-order valence-corrected chi connectivity index (χ3v) is 5.55. The number of nitrogens with two attached hydrogens (primary N) is 1. The number of hydrogen-bond donors (Lipinski definition) is 3. The predicted molar refractivity (Wildman–Crippen MR) is 96.1 cm³/mol. The molecule has 0 aromatic carbocycles. The summed E-state index contributed by atoms with van der Waals surface area (Å²) < 4.78 is 1.80. The van der Waals surface area contributed by atoms with Crippen LogP contribution >= 0.6 is 0 Å². The van der Waals surface area contributed by atoms with Gasteiger partial charge in [0.2, 0.25) is 0 Å². The highest BCUT2D eigenvalue weighted by Gasteiger charge is 2.28. The Balaban J connectivity index is 1.57. The van der Waals surface area contributed by atoms with E-state index in [1.807, 2.05) is 13.2 Å². The average Bonchev–Trinajstić information content (AvgIpc) is 2.95. The van der Waals surface area contributed by atoms with Crippen LogP contribution in [0.25, 0.3) is 0 Å². The minimum Gasteiger partial charge on any atom is -0.336 e. The van der Waals surface area contributed by atoms with Gasteiger partial charge in [0.25, 0.3) is 0 Å². The molecule has 2 amide bonds. The summed E-state index contributed by atoms with van der Waals surface area (Å²) in [4.78, 5) is 12.3. The molecule has 6 nitrogen and oxygen atoms in total. The Morgan fingerprint density at radius 2 is 1.92 bits per heavy atom. The van der Waals surface area contributed by atoms with Gasteiger partial charge in [-0.15, -0.1) is 0 Å². The first-order valence-electron chi connectivity index (χ1n) is 9.43. The van der Waals surface area contributed by atoms with Crippen LogP contribution in [0.1, 0.15) is 75.8 Å². The standard InChI is InChI=1S/C18H31N5O/c1-23-12-15(16(22-23)14-8-4-2-5-9-14)21-17(24)20-13-18(19)10-6-3-7-11-18/h12,14H,2-11,13,19H2,1H3,(H2,20,21,24). The largest absolute Gasteiger partial charge is 0.336 e. The number of aromatic nitrogens is 2. The van der Waals surface area contributed by atoms with Gasteiger partial charge in [0, 0.05) is 31.2 Å². The fourth-order valence-electron chi connectivity index (χ4n) is 4.14. The molecule has 0 bridgehead atoms. The highest BCUT2D eigenvalue weighted by Crippen LogP contribution is 2.35. The third kappa shape index (κ3) is 4.29. The van der Waals surface area contributed by atoms with Crippen LogP contribution in [0.4, 0.5) is 10.5 Å². The van der Waals surface area contributed by atoms with E-state index >= 15 is 0 Å². The molecule has 2 aliphatic rings. The van der Waals surface area contributed by atoms with Gasteiger partial charge in [0.15, 0.2) is 0 Å². The van der Waals surface area contributed by atoms with Crippen LogP contribution in [0.5, 0.6) is 0 Å². The molecular formula is C18H31N5O. The molecule has 6 heteroatoms. The van der Waals surface area contributed by atoms with Gasteiger partial charge in [0.1, 0.15) is 0 Å². The zero-order valence-corrected chi connectivity index (χ0v) is 14.8. The van der Waals surface area contributed by atoms with Gasteiger partial charge in [-0.3, -0.25) is 4.68 Å². The van der Waals surface area contributed by atoms with Crippen molar-refractivity contribution in [3.8, 4) is 0 Å². The van der Waals surface area contributed by atoms with Crippen LogP contribution in [-0.4, -0.2) is 27.9 Å². The summed E-state index contributed by atoms with van der Waals surface area (Å²) in [6, 6.07) is -0.171. The number of carbonyl (C=O) groups is 1. The van der Waals surface area contributed by atoms with Crippen molar-refractivity contribution in [2.45, 2.75) is 75.7 Å². The van der Waals surface area contributed by atoms with Crippen molar-refractivity contribution in [1.29, 1.82) is 0 Å². The lowest BCUT2D eigenvalue weighted by Crippen LogP contribution is -2.52. The lowest BCUT2D eigenvalue weighted by atomic mass is 9.82. The Labute approximate surface area is 144 Å². The molecule has 2 saturated carbocycles. The number of carbonyl (C=O) groups excluding carboxylic acids is 1. The van der Waals surface area contributed by atoms with Gasteiger partial charge in [-0.25, -0.2) is 4.79 Å². The van der Waals surface area contributed by atoms with Crippen LogP contribution < -0.4 is 16.4 Å². The van der Waals surface area contributed by atoms with Crippen molar-refractivity contribution >= 4 is 11.7 Å². The van der Waals surface area contributed by atoms with Crippen LogP contribution in [0.3, 0.4) is 0 Å². The van der Waals surface area contributed by atoms with Gasteiger partial charge < -0.3 is 16.4 Å². The van der Waals surface area contributed by atoms with E-state index < -0.39 is 0 Å². The van der Waals surface area contributed by atoms with Gasteiger partial charge in [0.05, 0.1) is 11.4 Å². The zero-order valence-electron chi connectivity index (χ0n) is 14.8. The van der Waals surface area contributed by atoms with Crippen molar-refractivity contribution in [1.82, 2.24) is 15.1 Å². The topological polar surface area (TPSA) is 85.0 Å². The molecule has 24 heavy (non-hydrogen) atoms. The van der Waals surface area contributed by atoms with Crippen molar-refractivity contribution < 1.29 is 4.79 Å². The van der Waals surface area contributed by atoms with E-state index in [0.717, 1.165) is 37.1 Å². The quantitative estimate of drug-likeness (QED) is 0.790. The summed E-state index contributed by atoms with van der Waals surface area (Å²) in [7, 11) is 1.91. The van der Waals surface area contributed by atoms with E-state index in [9.17, 15) is 4.79 Å². The van der Waals surface area contributed by atoms with E-state index in [4.69, 9.17) is 5.73 Å². The number of rotatable bonds is 4. The fraction of sp³-hybridized carbons (Fsp3) is 0.778. The second kappa shape index (κ2) is 7.55. The number of nitrogens with one attached hydrogen (secondary N) is 2. The van der Waals surface area contributed by atoms with Crippen molar-refractivity contribution in [2.24, 2.45) is 12.8 Å². The molecule has 0 unspecified atom stereocenters. The molecule has 134 valence electrons. The second-order valence-corrected chi connectivity index (χ2v) is 7.67. The smallest absolute Gasteiger partial charge is 0.319 e. The first-order chi connectivity index (χ1) is 11.6. The monoisotopic (exact) mass is 333 g/mol. The summed E-state index contributed by atoms with van der Waals surface area (Å²) in [5.74, 6) is 0.467. The average molecular weight is 333 g/mol. The molecule has 4 N–H and O–H groups in total. The fourth-order valence-corrected chi connectivity index (χ4v) is 4.14. The van der Waals surface area contributed by atoms with Crippen LogP contribution in [0.15, 0.2) is 6.20 Å². The maximum atomic E-state index is 12.3. The highest BCUT2D eigenvalue weighted by molar-refractivity contribution is 5.89. The molecule has 2 aliphatic carbocycles. The Morgan fingerprint density at radius 1 is 1.25 bits per heavy atom. The van der Waals surface area contributed by atoms with Crippen LogP contribution in [0.2, 0.25) is 0 Å². The van der Waals surface area contributed by atoms with Gasteiger partial charge in [-0.05, 0) is 25.7 Å². The maximum absolute atomic E-state index is 12.3. The number of hydrogen-bond acceptors (Lipinski definition) is 3. The highest BCUT2D eigenvalue weighted by atomic mass is 16.2. The molecule has 2 fully saturated rings. The SMILES string of the molecule is Cn1cc(NC(=O)NCC2(N)CCCCC2)c(C2CCCCC2)n1. The Hall–Kier alpha value is -1.56. The van der Waals surface area contributed by atoms with Gasteiger partial charge >= 0.3 is 6.03 Å². The lowest BCUT2D eigenvalue weighted by molar-refractivity contribution is 0.241. The molecule has 0 atom stereocenters. The number of urea groups is 1. The van der Waals surface area contributed by atoms with Gasteiger partial charge in [-0.2, -0.15) is 5.10 Å². The van der Waals surface area contributed by atoms with Crippen molar-refractivity contribution in [3.63, 3.8) is 0 Å². The lowest BCUT2D eigenvalue weighted by Gasteiger charge is -2.33. The first-order valence-corrected chi connectivity index (χ1v) is 9.43. The van der Waals surface area contributed by atoms with E-state index in [2.05, 4.69) is 15.7 Å². The molecule has 3 rings (SSSR count). The van der Waals surface area contributed by atoms with E-state index in [1.165, 1.54) is 38.5 Å². The number of amides is 2. The van der Waals surface area contributed by atoms with E-state index in [1.54, 1.807) is 4.68 Å². The molecule has 0 aliphatic heterocycles. The summed E-state index contributed by atoms with van der Waals surface area (Å²) in [5.41, 5.74) is 8.03. The van der Waals surface area contributed by atoms with Crippen molar-refractivity contribution in [2.75, 3.05) is 11.9 Å². The number of aryl methyl sites for hydroxylation is 1. The minimum absolute atomic E-state index is 0.171. The van der Waals surface area contributed by atoms with E-state index in [0.29, 0.717) is 12.5 Å². The molecular weight excluding hydrogens is 302 g/mol. The van der Waals surface area contributed by atoms with Crippen LogP contribution in [0, 0.1) is 0 Å². The van der Waals surface area contributed by atoms with Crippen molar-refractivity contribution in [3.05, 3.63) is 11.9 Å². The van der Waals surface area contributed by atoms with Crippen LogP contribution in [-0.2, 0) is 7.05 Å². The first kappa shape index (κ1) is 17.3. The Morgan fingerprint density at radius 3 is 2.62 bits per heavy atom. The molecule has 1 aromatic heterocycles. The second-order valence-electron chi connectivity index (χ2n) is 7.67. The predicted octanol–water partition coefficient (Wildman–Crippen LogP) is 3.25.